The highest BCUT2D eigenvalue weighted by atomic mass is 35.5. The third-order valence-corrected chi connectivity index (χ3v) is 5.41. The quantitative estimate of drug-likeness (QED) is 0.678. The molecular formula is C21H20ClF4NO2. The number of hydrogen-bond donors (Lipinski definition) is 1. The highest BCUT2D eigenvalue weighted by molar-refractivity contribution is 6.31. The molecule has 1 N–H and O–H groups in total. The van der Waals surface area contributed by atoms with Crippen molar-refractivity contribution < 1.29 is 27.5 Å². The summed E-state index contributed by atoms with van der Waals surface area (Å²) >= 11 is 6.21. The fraction of sp³-hybridized carbons (Fsp3) is 0.381. The number of anilines is 1. The number of amides is 1. The van der Waals surface area contributed by atoms with Gasteiger partial charge in [-0.05, 0) is 61.1 Å². The molecule has 0 aromatic heterocycles. The van der Waals surface area contributed by atoms with Crippen molar-refractivity contribution in [3.63, 3.8) is 0 Å². The minimum atomic E-state index is -5.45. The van der Waals surface area contributed by atoms with Crippen molar-refractivity contribution in [2.45, 2.75) is 44.6 Å². The van der Waals surface area contributed by atoms with Gasteiger partial charge in [-0.2, -0.15) is 17.6 Å². The van der Waals surface area contributed by atoms with Crippen molar-refractivity contribution in [2.75, 3.05) is 11.4 Å². The van der Waals surface area contributed by atoms with E-state index in [9.17, 15) is 27.5 Å². The van der Waals surface area contributed by atoms with Crippen LogP contribution in [-0.2, 0) is 23.5 Å². The van der Waals surface area contributed by atoms with Gasteiger partial charge in [0, 0.05) is 22.8 Å². The molecule has 0 radical (unpaired) electrons. The van der Waals surface area contributed by atoms with Crippen LogP contribution in [0.5, 0.6) is 0 Å². The maximum Gasteiger partial charge on any atom is 0.453 e. The molecule has 3 rings (SSSR count). The van der Waals surface area contributed by atoms with E-state index < -0.39 is 17.6 Å². The summed E-state index contributed by atoms with van der Waals surface area (Å²) < 4.78 is 52.5. The first-order chi connectivity index (χ1) is 13.5. The van der Waals surface area contributed by atoms with Gasteiger partial charge in [0.15, 0.2) is 0 Å². The molecule has 0 saturated heterocycles. The van der Waals surface area contributed by atoms with Crippen LogP contribution in [0.4, 0.5) is 23.2 Å². The summed E-state index contributed by atoms with van der Waals surface area (Å²) in [6.45, 7) is 2.28. The summed E-state index contributed by atoms with van der Waals surface area (Å²) in [5, 5.41) is 9.80. The summed E-state index contributed by atoms with van der Waals surface area (Å²) in [6, 6.07) is 8.50. The van der Waals surface area contributed by atoms with E-state index in [4.69, 9.17) is 11.6 Å². The number of fused-ring (bicyclic) bond motifs is 1. The van der Waals surface area contributed by atoms with Crippen molar-refractivity contribution in [3.8, 4) is 0 Å². The lowest BCUT2D eigenvalue weighted by Crippen LogP contribution is -2.38. The van der Waals surface area contributed by atoms with Crippen LogP contribution < -0.4 is 4.90 Å². The number of aryl methyl sites for hydroxylation is 2. The number of aliphatic hydroxyl groups is 1. The van der Waals surface area contributed by atoms with Gasteiger partial charge in [-0.25, -0.2) is 0 Å². The maximum atomic E-state index is 14.0. The molecule has 3 nitrogen and oxygen atoms in total. The van der Waals surface area contributed by atoms with Crippen LogP contribution in [0.15, 0.2) is 36.4 Å². The molecule has 0 aliphatic carbocycles. The normalized spacial score (nSPS) is 16.7. The first kappa shape index (κ1) is 21.6. The van der Waals surface area contributed by atoms with Gasteiger partial charge in [-0.3, -0.25) is 4.79 Å². The predicted octanol–water partition coefficient (Wildman–Crippen LogP) is 5.24. The van der Waals surface area contributed by atoms with E-state index in [2.05, 4.69) is 0 Å². The van der Waals surface area contributed by atoms with Gasteiger partial charge in [-0.15, -0.1) is 0 Å². The Hall–Kier alpha value is -2.12. The zero-order valence-corrected chi connectivity index (χ0v) is 16.4. The Kier molecular flexibility index (Phi) is 5.92. The number of halogens is 5. The SMILES string of the molecule is Cc1ccc(CC(=O)N2CCCCc3cc(C(O)(F)C(F)(F)F)ccc32)c(Cl)c1. The first-order valence-electron chi connectivity index (χ1n) is 9.17. The monoisotopic (exact) mass is 429 g/mol. The van der Waals surface area contributed by atoms with E-state index in [-0.39, 0.29) is 12.3 Å². The number of benzene rings is 2. The van der Waals surface area contributed by atoms with Crippen molar-refractivity contribution in [1.82, 2.24) is 0 Å². The highest BCUT2D eigenvalue weighted by Crippen LogP contribution is 2.42. The average molecular weight is 430 g/mol. The van der Waals surface area contributed by atoms with Crippen molar-refractivity contribution in [1.29, 1.82) is 0 Å². The van der Waals surface area contributed by atoms with Crippen LogP contribution >= 0.6 is 11.6 Å². The molecule has 1 atom stereocenters. The van der Waals surface area contributed by atoms with Crippen LogP contribution in [0.3, 0.4) is 0 Å². The molecule has 1 heterocycles. The zero-order valence-electron chi connectivity index (χ0n) is 15.7. The van der Waals surface area contributed by atoms with Gasteiger partial charge in [0.2, 0.25) is 5.91 Å². The lowest BCUT2D eigenvalue weighted by molar-refractivity contribution is -0.323. The van der Waals surface area contributed by atoms with Crippen LogP contribution in [0.25, 0.3) is 0 Å². The third kappa shape index (κ3) is 4.41. The fourth-order valence-electron chi connectivity index (χ4n) is 3.44. The summed E-state index contributed by atoms with van der Waals surface area (Å²) in [5.41, 5.74) is 1.54. The number of carbonyl (C=O) groups is 1. The molecule has 0 spiro atoms. The number of rotatable bonds is 3. The highest BCUT2D eigenvalue weighted by Gasteiger charge is 2.56. The predicted molar refractivity (Wildman–Crippen MR) is 103 cm³/mol. The minimum Gasteiger partial charge on any atom is -0.351 e. The van der Waals surface area contributed by atoms with Crippen LogP contribution in [0.1, 0.15) is 35.1 Å². The fourth-order valence-corrected chi connectivity index (χ4v) is 3.74. The van der Waals surface area contributed by atoms with E-state index in [1.807, 2.05) is 13.0 Å². The molecule has 1 aliphatic heterocycles. The number of nitrogens with zero attached hydrogens (tertiary/aromatic N) is 1. The number of carbonyl (C=O) groups excluding carboxylic acids is 1. The van der Waals surface area contributed by atoms with Crippen molar-refractivity contribution >= 4 is 23.2 Å². The molecule has 0 bridgehead atoms. The molecule has 29 heavy (non-hydrogen) atoms. The summed E-state index contributed by atoms with van der Waals surface area (Å²) in [6.07, 6.45) is -3.76. The molecule has 0 saturated carbocycles. The minimum absolute atomic E-state index is 0.0376. The van der Waals surface area contributed by atoms with E-state index >= 15 is 0 Å². The van der Waals surface area contributed by atoms with Crippen molar-refractivity contribution in [3.05, 3.63) is 63.7 Å². The van der Waals surface area contributed by atoms with Gasteiger partial charge in [0.25, 0.3) is 0 Å². The second-order valence-corrected chi connectivity index (χ2v) is 7.64. The molecule has 1 amide bonds. The molecule has 1 aliphatic rings. The third-order valence-electron chi connectivity index (χ3n) is 5.06. The van der Waals surface area contributed by atoms with Gasteiger partial charge in [0.05, 0.1) is 6.42 Å². The lowest BCUT2D eigenvalue weighted by Gasteiger charge is -2.26. The Morgan fingerprint density at radius 3 is 2.52 bits per heavy atom. The number of alkyl halides is 4. The largest absolute Gasteiger partial charge is 0.453 e. The first-order valence-corrected chi connectivity index (χ1v) is 9.55. The van der Waals surface area contributed by atoms with Crippen molar-refractivity contribution in [2.24, 2.45) is 0 Å². The average Bonchev–Trinajstić information content (AvgIpc) is 2.85. The molecule has 2 aromatic carbocycles. The Bertz CT molecular complexity index is 927. The van der Waals surface area contributed by atoms with Crippen LogP contribution in [0.2, 0.25) is 5.02 Å². The van der Waals surface area contributed by atoms with Gasteiger partial charge >= 0.3 is 12.0 Å². The molecule has 1 unspecified atom stereocenters. The summed E-state index contributed by atoms with van der Waals surface area (Å²) in [7, 11) is 0. The Morgan fingerprint density at radius 1 is 1.14 bits per heavy atom. The Balaban J connectivity index is 1.92. The van der Waals surface area contributed by atoms with E-state index in [0.29, 0.717) is 47.6 Å². The van der Waals surface area contributed by atoms with Crippen LogP contribution in [-0.4, -0.2) is 23.7 Å². The molecular weight excluding hydrogens is 410 g/mol. The van der Waals surface area contributed by atoms with Crippen LogP contribution in [0, 0.1) is 6.92 Å². The van der Waals surface area contributed by atoms with Gasteiger partial charge in [-0.1, -0.05) is 29.8 Å². The second-order valence-electron chi connectivity index (χ2n) is 7.24. The number of hydrogen-bond acceptors (Lipinski definition) is 2. The Labute approximate surface area is 170 Å². The van der Waals surface area contributed by atoms with Gasteiger partial charge < -0.3 is 10.0 Å². The maximum absolute atomic E-state index is 14.0. The van der Waals surface area contributed by atoms with E-state index in [1.165, 1.54) is 11.0 Å². The molecule has 8 heteroatoms. The van der Waals surface area contributed by atoms with E-state index in [1.54, 1.807) is 12.1 Å². The lowest BCUT2D eigenvalue weighted by atomic mass is 9.99. The van der Waals surface area contributed by atoms with Gasteiger partial charge in [0.1, 0.15) is 0 Å². The molecule has 156 valence electrons. The Morgan fingerprint density at radius 2 is 1.86 bits per heavy atom. The topological polar surface area (TPSA) is 40.5 Å². The summed E-state index contributed by atoms with van der Waals surface area (Å²) in [4.78, 5) is 14.4. The second kappa shape index (κ2) is 7.95. The molecule has 0 fully saturated rings. The van der Waals surface area contributed by atoms with E-state index in [0.717, 1.165) is 17.7 Å². The molecule has 2 aromatic rings. The summed E-state index contributed by atoms with van der Waals surface area (Å²) in [5.74, 6) is -4.70. The zero-order chi connectivity index (χ0) is 21.4. The standard InChI is InChI=1S/C21H20ClF4NO2/c1-13-5-6-14(17(22)10-13)12-19(28)27-9-3-2-4-15-11-16(7-8-18(15)27)20(23,29)21(24,25)26/h5-8,10-11,29H,2-4,9,12H2,1H3. The smallest absolute Gasteiger partial charge is 0.351 e.